The van der Waals surface area contributed by atoms with Crippen LogP contribution in [0.25, 0.3) is 0 Å². The second-order valence-corrected chi connectivity index (χ2v) is 8.58. The summed E-state index contributed by atoms with van der Waals surface area (Å²) >= 11 is 0. The molecule has 0 fully saturated rings. The number of nitrogens with zero attached hydrogens (tertiary/aromatic N) is 1. The third kappa shape index (κ3) is 6.56. The van der Waals surface area contributed by atoms with Gasteiger partial charge in [-0.1, -0.05) is 13.8 Å². The first kappa shape index (κ1) is 20.0. The van der Waals surface area contributed by atoms with E-state index in [1.54, 1.807) is 0 Å². The lowest BCUT2D eigenvalue weighted by molar-refractivity contribution is 0.279. The van der Waals surface area contributed by atoms with Crippen LogP contribution >= 0.6 is 0 Å². The van der Waals surface area contributed by atoms with Gasteiger partial charge >= 0.3 is 0 Å². The highest BCUT2D eigenvalue weighted by Gasteiger charge is 2.15. The average Bonchev–Trinajstić information content (AvgIpc) is 2.47. The molecule has 0 saturated carbocycles. The quantitative estimate of drug-likeness (QED) is 0.637. The van der Waals surface area contributed by atoms with Crippen molar-refractivity contribution in [3.05, 3.63) is 24.3 Å². The third-order valence-electron chi connectivity index (χ3n) is 3.26. The van der Waals surface area contributed by atoms with Crippen molar-refractivity contribution in [1.29, 1.82) is 0 Å². The molecular formula is C14H25N3O4S2. The van der Waals surface area contributed by atoms with Crippen molar-refractivity contribution in [1.82, 2.24) is 9.62 Å². The van der Waals surface area contributed by atoms with E-state index in [4.69, 9.17) is 5.14 Å². The van der Waals surface area contributed by atoms with Crippen molar-refractivity contribution in [3.63, 3.8) is 0 Å². The van der Waals surface area contributed by atoms with Gasteiger partial charge in [0.25, 0.3) is 0 Å². The number of hydrogen-bond donors (Lipinski definition) is 2. The predicted octanol–water partition coefficient (Wildman–Crippen LogP) is 0.734. The molecule has 1 aromatic carbocycles. The summed E-state index contributed by atoms with van der Waals surface area (Å²) in [6.45, 7) is 6.96. The lowest BCUT2D eigenvalue weighted by Gasteiger charge is -2.20. The number of nitrogens with one attached hydrogen (secondary N) is 1. The Balaban J connectivity index is 2.69. The Morgan fingerprint density at radius 3 is 1.83 bits per heavy atom. The van der Waals surface area contributed by atoms with Gasteiger partial charge in [0.2, 0.25) is 20.0 Å². The van der Waals surface area contributed by atoms with Crippen LogP contribution in [-0.2, 0) is 20.0 Å². The van der Waals surface area contributed by atoms with Crippen molar-refractivity contribution in [2.75, 3.05) is 26.2 Å². The Labute approximate surface area is 139 Å². The van der Waals surface area contributed by atoms with Gasteiger partial charge in [-0.2, -0.15) is 0 Å². The molecule has 9 heteroatoms. The monoisotopic (exact) mass is 363 g/mol. The van der Waals surface area contributed by atoms with E-state index in [-0.39, 0.29) is 9.79 Å². The van der Waals surface area contributed by atoms with Crippen LogP contribution < -0.4 is 9.86 Å². The summed E-state index contributed by atoms with van der Waals surface area (Å²) in [7, 11) is -7.49. The SMILES string of the molecule is CCCN(CCC)CCNS(=O)(=O)c1ccc(S(N)(=O)=O)cc1. The number of hydrogen-bond acceptors (Lipinski definition) is 5. The van der Waals surface area contributed by atoms with E-state index < -0.39 is 20.0 Å². The van der Waals surface area contributed by atoms with Crippen LogP contribution in [-0.4, -0.2) is 47.9 Å². The van der Waals surface area contributed by atoms with Crippen LogP contribution in [0.4, 0.5) is 0 Å². The maximum Gasteiger partial charge on any atom is 0.240 e. The largest absolute Gasteiger partial charge is 0.302 e. The first-order valence-electron chi connectivity index (χ1n) is 7.55. The van der Waals surface area contributed by atoms with E-state index in [2.05, 4.69) is 23.5 Å². The molecule has 1 rings (SSSR count). The Morgan fingerprint density at radius 1 is 0.913 bits per heavy atom. The van der Waals surface area contributed by atoms with Gasteiger partial charge in [-0.05, 0) is 50.2 Å². The lowest BCUT2D eigenvalue weighted by Crippen LogP contribution is -2.35. The van der Waals surface area contributed by atoms with Crippen molar-refractivity contribution in [2.24, 2.45) is 5.14 Å². The summed E-state index contributed by atoms with van der Waals surface area (Å²) in [4.78, 5) is 2.10. The van der Waals surface area contributed by atoms with E-state index in [0.717, 1.165) is 25.9 Å². The fraction of sp³-hybridized carbons (Fsp3) is 0.571. The second-order valence-electron chi connectivity index (χ2n) is 5.26. The highest BCUT2D eigenvalue weighted by Crippen LogP contribution is 2.13. The number of primary sulfonamides is 1. The Hall–Kier alpha value is -1.00. The Morgan fingerprint density at radius 2 is 1.39 bits per heavy atom. The molecule has 0 aliphatic heterocycles. The minimum absolute atomic E-state index is 0.0161. The highest BCUT2D eigenvalue weighted by molar-refractivity contribution is 7.89. The maximum atomic E-state index is 12.2. The van der Waals surface area contributed by atoms with Gasteiger partial charge in [-0.25, -0.2) is 26.7 Å². The van der Waals surface area contributed by atoms with E-state index in [9.17, 15) is 16.8 Å². The van der Waals surface area contributed by atoms with E-state index >= 15 is 0 Å². The molecule has 0 atom stereocenters. The summed E-state index contributed by atoms with van der Waals surface area (Å²) in [5.41, 5.74) is 0. The van der Waals surface area contributed by atoms with Gasteiger partial charge in [0, 0.05) is 13.1 Å². The van der Waals surface area contributed by atoms with Crippen molar-refractivity contribution >= 4 is 20.0 Å². The zero-order valence-electron chi connectivity index (χ0n) is 13.5. The zero-order valence-corrected chi connectivity index (χ0v) is 15.2. The molecule has 0 aliphatic rings. The summed E-state index contributed by atoms with van der Waals surface area (Å²) in [5.74, 6) is 0. The molecule has 0 bridgehead atoms. The highest BCUT2D eigenvalue weighted by atomic mass is 32.2. The topological polar surface area (TPSA) is 110 Å². The van der Waals surface area contributed by atoms with Crippen molar-refractivity contribution in [2.45, 2.75) is 36.5 Å². The van der Waals surface area contributed by atoms with Crippen LogP contribution in [0.3, 0.4) is 0 Å². The molecule has 0 amide bonds. The van der Waals surface area contributed by atoms with Crippen LogP contribution in [0, 0.1) is 0 Å². The zero-order chi connectivity index (χ0) is 17.5. The van der Waals surface area contributed by atoms with E-state index in [1.807, 2.05) is 0 Å². The molecule has 0 radical (unpaired) electrons. The first-order chi connectivity index (χ1) is 10.7. The molecule has 132 valence electrons. The van der Waals surface area contributed by atoms with Gasteiger partial charge in [0.1, 0.15) is 0 Å². The second kappa shape index (κ2) is 8.74. The molecule has 0 aliphatic carbocycles. The molecule has 0 heterocycles. The van der Waals surface area contributed by atoms with Crippen molar-refractivity contribution < 1.29 is 16.8 Å². The number of rotatable bonds is 10. The fourth-order valence-corrected chi connectivity index (χ4v) is 3.73. The molecular weight excluding hydrogens is 338 g/mol. The fourth-order valence-electron chi connectivity index (χ4n) is 2.20. The molecule has 7 nitrogen and oxygen atoms in total. The summed E-state index contributed by atoms with van der Waals surface area (Å²) in [5, 5.41) is 4.99. The van der Waals surface area contributed by atoms with E-state index in [0.29, 0.717) is 13.1 Å². The molecule has 1 aromatic rings. The van der Waals surface area contributed by atoms with Crippen LogP contribution in [0.5, 0.6) is 0 Å². The molecule has 3 N–H and O–H groups in total. The maximum absolute atomic E-state index is 12.2. The first-order valence-corrected chi connectivity index (χ1v) is 10.6. The summed E-state index contributed by atoms with van der Waals surface area (Å²) in [6, 6.07) is 4.84. The third-order valence-corrected chi connectivity index (χ3v) is 5.67. The van der Waals surface area contributed by atoms with Crippen LogP contribution in [0.2, 0.25) is 0 Å². The number of benzene rings is 1. The van der Waals surface area contributed by atoms with Crippen LogP contribution in [0.15, 0.2) is 34.1 Å². The summed E-state index contributed by atoms with van der Waals surface area (Å²) in [6.07, 6.45) is 2.03. The molecule has 23 heavy (non-hydrogen) atoms. The van der Waals surface area contributed by atoms with E-state index in [1.165, 1.54) is 24.3 Å². The molecule has 0 unspecified atom stereocenters. The smallest absolute Gasteiger partial charge is 0.240 e. The van der Waals surface area contributed by atoms with Gasteiger partial charge in [0.15, 0.2) is 0 Å². The minimum atomic E-state index is -3.83. The van der Waals surface area contributed by atoms with Gasteiger partial charge in [0.05, 0.1) is 9.79 Å². The normalized spacial score (nSPS) is 12.7. The molecule has 0 spiro atoms. The van der Waals surface area contributed by atoms with Crippen LogP contribution in [0.1, 0.15) is 26.7 Å². The van der Waals surface area contributed by atoms with Gasteiger partial charge in [-0.15, -0.1) is 0 Å². The van der Waals surface area contributed by atoms with Gasteiger partial charge in [-0.3, -0.25) is 0 Å². The minimum Gasteiger partial charge on any atom is -0.302 e. The van der Waals surface area contributed by atoms with Crippen molar-refractivity contribution in [3.8, 4) is 0 Å². The number of nitrogens with two attached hydrogens (primary N) is 1. The van der Waals surface area contributed by atoms with Gasteiger partial charge < -0.3 is 4.90 Å². The number of sulfonamides is 2. The average molecular weight is 364 g/mol. The predicted molar refractivity (Wildman–Crippen MR) is 90.0 cm³/mol. The lowest BCUT2D eigenvalue weighted by atomic mass is 10.3. The summed E-state index contributed by atoms with van der Waals surface area (Å²) < 4.78 is 49.2. The Kier molecular flexibility index (Phi) is 7.62. The standard InChI is InChI=1S/C14H25N3O4S2/c1-3-10-17(11-4-2)12-9-16-23(20,21)14-7-5-13(6-8-14)22(15,18)19/h5-8,16H,3-4,9-12H2,1-2H3,(H2,15,18,19). The Bertz CT molecular complexity index is 679. The molecule has 0 saturated heterocycles. The molecule has 0 aromatic heterocycles.